The first-order chi connectivity index (χ1) is 15.6. The predicted molar refractivity (Wildman–Crippen MR) is 118 cm³/mol. The number of rotatable bonds is 4. The fraction of sp³-hybridized carbons (Fsp3) is 0.435. The molecular formula is C23H24ClF2N5O2. The lowest BCUT2D eigenvalue weighted by molar-refractivity contribution is 0.0308. The molecular weight excluding hydrogens is 452 g/mol. The molecule has 2 saturated carbocycles. The van der Waals surface area contributed by atoms with Gasteiger partial charge in [-0.2, -0.15) is 4.39 Å². The van der Waals surface area contributed by atoms with Crippen molar-refractivity contribution in [2.45, 2.75) is 37.2 Å². The van der Waals surface area contributed by atoms with Crippen LogP contribution >= 0.6 is 11.6 Å². The van der Waals surface area contributed by atoms with Crippen LogP contribution in [0.1, 0.15) is 53.3 Å². The monoisotopic (exact) mass is 475 g/mol. The van der Waals surface area contributed by atoms with Gasteiger partial charge in [-0.1, -0.05) is 11.6 Å². The Hall–Kier alpha value is -2.78. The van der Waals surface area contributed by atoms with E-state index >= 15 is 0 Å². The van der Waals surface area contributed by atoms with Crippen LogP contribution in [0.15, 0.2) is 30.7 Å². The van der Waals surface area contributed by atoms with E-state index < -0.39 is 17.4 Å². The van der Waals surface area contributed by atoms with Gasteiger partial charge in [0.25, 0.3) is 5.91 Å². The summed E-state index contributed by atoms with van der Waals surface area (Å²) in [7, 11) is 3.39. The normalized spacial score (nSPS) is 26.5. The average Bonchev–Trinajstić information content (AvgIpc) is 3.46. The summed E-state index contributed by atoms with van der Waals surface area (Å²) >= 11 is 5.83. The summed E-state index contributed by atoms with van der Waals surface area (Å²) in [5.74, 6) is -1.07. The number of imidazole rings is 1. The van der Waals surface area contributed by atoms with Crippen LogP contribution in [-0.4, -0.2) is 30.3 Å². The number of hydrogen-bond acceptors (Lipinski definition) is 4. The summed E-state index contributed by atoms with van der Waals surface area (Å²) in [6.07, 6.45) is 5.59. The number of halogens is 3. The van der Waals surface area contributed by atoms with Crippen LogP contribution in [0, 0.1) is 23.6 Å². The van der Waals surface area contributed by atoms with E-state index in [-0.39, 0.29) is 34.2 Å². The van der Waals surface area contributed by atoms with E-state index in [1.165, 1.54) is 22.9 Å². The van der Waals surface area contributed by atoms with Crippen LogP contribution < -0.4 is 5.32 Å². The molecule has 2 aromatic heterocycles. The van der Waals surface area contributed by atoms with Gasteiger partial charge in [-0.05, 0) is 55.7 Å². The molecule has 5 rings (SSSR count). The second-order valence-electron chi connectivity index (χ2n) is 9.31. The molecule has 2 heterocycles. The zero-order valence-electron chi connectivity index (χ0n) is 18.2. The van der Waals surface area contributed by atoms with E-state index in [0.29, 0.717) is 29.9 Å². The number of aromatic nitrogens is 4. The molecule has 1 amide bonds. The van der Waals surface area contributed by atoms with Gasteiger partial charge in [0.05, 0.1) is 28.2 Å². The van der Waals surface area contributed by atoms with Crippen LogP contribution in [0.2, 0.25) is 5.02 Å². The number of hydrogen-bond donors (Lipinski definition) is 2. The van der Waals surface area contributed by atoms with Crippen LogP contribution in [-0.2, 0) is 19.7 Å². The maximum Gasteiger partial charge on any atom is 0.274 e. The van der Waals surface area contributed by atoms with Gasteiger partial charge < -0.3 is 15.0 Å². The molecule has 33 heavy (non-hydrogen) atoms. The first-order valence-electron chi connectivity index (χ1n) is 10.8. The summed E-state index contributed by atoms with van der Waals surface area (Å²) in [6, 6.07) is 4.02. The Kier molecular flexibility index (Phi) is 5.29. The Morgan fingerprint density at radius 3 is 2.55 bits per heavy atom. The maximum absolute atomic E-state index is 14.2. The van der Waals surface area contributed by atoms with Crippen molar-refractivity contribution in [3.8, 4) is 0 Å². The molecule has 0 radical (unpaired) electrons. The second-order valence-corrected chi connectivity index (χ2v) is 9.72. The van der Waals surface area contributed by atoms with Crippen molar-refractivity contribution in [1.82, 2.24) is 19.3 Å². The Balaban J connectivity index is 1.33. The number of benzene rings is 1. The van der Waals surface area contributed by atoms with Crippen LogP contribution in [0.4, 0.5) is 14.5 Å². The molecule has 2 N–H and O–H groups in total. The highest BCUT2D eigenvalue weighted by atomic mass is 35.5. The molecule has 0 spiro atoms. The lowest BCUT2D eigenvalue weighted by atomic mass is 9.88. The third kappa shape index (κ3) is 3.83. The number of nitrogens with zero attached hydrogens (tertiary/aromatic N) is 4. The van der Waals surface area contributed by atoms with Gasteiger partial charge in [-0.25, -0.2) is 9.37 Å². The lowest BCUT2D eigenvalue weighted by Crippen LogP contribution is -2.24. The molecule has 0 aliphatic heterocycles. The van der Waals surface area contributed by atoms with E-state index in [2.05, 4.69) is 15.4 Å². The summed E-state index contributed by atoms with van der Waals surface area (Å²) < 4.78 is 30.7. The van der Waals surface area contributed by atoms with Crippen molar-refractivity contribution < 1.29 is 18.7 Å². The highest BCUT2D eigenvalue weighted by molar-refractivity contribution is 6.31. The van der Waals surface area contributed by atoms with E-state index in [1.54, 1.807) is 31.2 Å². The average molecular weight is 476 g/mol. The van der Waals surface area contributed by atoms with Gasteiger partial charge in [0, 0.05) is 31.9 Å². The third-order valence-corrected chi connectivity index (χ3v) is 7.36. The fourth-order valence-electron chi connectivity index (χ4n) is 5.67. The highest BCUT2D eigenvalue weighted by Gasteiger charge is 2.52. The molecule has 174 valence electrons. The van der Waals surface area contributed by atoms with Gasteiger partial charge in [0.2, 0.25) is 5.95 Å². The number of anilines is 1. The van der Waals surface area contributed by atoms with Crippen LogP contribution in [0.5, 0.6) is 0 Å². The number of aryl methyl sites for hydroxylation is 2. The topological polar surface area (TPSA) is 85.0 Å². The number of carbonyl (C=O) groups is 1. The minimum absolute atomic E-state index is 0.0575. The van der Waals surface area contributed by atoms with Gasteiger partial charge in [0.1, 0.15) is 11.5 Å². The van der Waals surface area contributed by atoms with Crippen LogP contribution in [0.25, 0.3) is 0 Å². The van der Waals surface area contributed by atoms with Crippen molar-refractivity contribution in [1.29, 1.82) is 0 Å². The Morgan fingerprint density at radius 2 is 1.94 bits per heavy atom. The molecule has 0 saturated heterocycles. The standard InChI is InChI=1S/C23H24ClF2N5O2/c1-30-11-27-19(20(30)22(32)28-15-3-4-18(25)17(24)7-15)12-5-13-8-23(33,9-14(13)6-12)16-10-31(2)29-21(16)26/h3-4,7,10-14,33H,5-6,8-9H2,1-2H3,(H,28,32). The van der Waals surface area contributed by atoms with E-state index in [0.717, 1.165) is 12.8 Å². The minimum Gasteiger partial charge on any atom is -0.385 e. The first-order valence-corrected chi connectivity index (χ1v) is 11.2. The highest BCUT2D eigenvalue weighted by Crippen LogP contribution is 2.57. The zero-order valence-corrected chi connectivity index (χ0v) is 19.0. The maximum atomic E-state index is 14.2. The van der Waals surface area contributed by atoms with Crippen molar-refractivity contribution in [3.63, 3.8) is 0 Å². The van der Waals surface area contributed by atoms with Gasteiger partial charge in [0.15, 0.2) is 0 Å². The van der Waals surface area contributed by atoms with Crippen LogP contribution in [0.3, 0.4) is 0 Å². The summed E-state index contributed by atoms with van der Waals surface area (Å²) in [5, 5.41) is 17.6. The number of carbonyl (C=O) groups excluding carboxylic acids is 1. The molecule has 10 heteroatoms. The van der Waals surface area contributed by atoms with E-state index in [4.69, 9.17) is 11.6 Å². The van der Waals surface area contributed by atoms with Crippen molar-refractivity contribution >= 4 is 23.2 Å². The number of aliphatic hydroxyl groups is 1. The molecule has 3 aromatic rings. The first kappa shape index (κ1) is 22.0. The Morgan fingerprint density at radius 1 is 1.24 bits per heavy atom. The van der Waals surface area contributed by atoms with Gasteiger partial charge in [-0.3, -0.25) is 9.48 Å². The molecule has 1 aromatic carbocycles. The predicted octanol–water partition coefficient (Wildman–Crippen LogP) is 4.13. The SMILES string of the molecule is Cn1cc(C2(O)CC3CC(c4ncn(C)c4C(=O)Nc4ccc(F)c(Cl)c4)CC3C2)c(F)n1. The molecule has 2 aliphatic carbocycles. The lowest BCUT2D eigenvalue weighted by Gasteiger charge is -2.23. The van der Waals surface area contributed by atoms with E-state index in [1.807, 2.05) is 0 Å². The van der Waals surface area contributed by atoms with Gasteiger partial charge in [-0.15, -0.1) is 5.10 Å². The minimum atomic E-state index is -1.22. The van der Waals surface area contributed by atoms with Crippen molar-refractivity contribution in [2.24, 2.45) is 25.9 Å². The van der Waals surface area contributed by atoms with Crippen molar-refractivity contribution in [3.05, 3.63) is 64.5 Å². The Labute approximate surface area is 194 Å². The quantitative estimate of drug-likeness (QED) is 0.594. The molecule has 2 unspecified atom stereocenters. The third-order valence-electron chi connectivity index (χ3n) is 7.07. The zero-order chi connectivity index (χ0) is 23.5. The number of amides is 1. The molecule has 2 aliphatic rings. The molecule has 2 atom stereocenters. The summed E-state index contributed by atoms with van der Waals surface area (Å²) in [4.78, 5) is 17.6. The summed E-state index contributed by atoms with van der Waals surface area (Å²) in [6.45, 7) is 0. The molecule has 2 fully saturated rings. The fourth-order valence-corrected chi connectivity index (χ4v) is 5.85. The Bertz CT molecular complexity index is 1230. The largest absolute Gasteiger partial charge is 0.385 e. The van der Waals surface area contributed by atoms with Gasteiger partial charge >= 0.3 is 0 Å². The number of nitrogens with one attached hydrogen (secondary N) is 1. The second kappa shape index (κ2) is 7.92. The smallest absolute Gasteiger partial charge is 0.274 e. The molecule has 0 bridgehead atoms. The molecule has 7 nitrogen and oxygen atoms in total. The number of fused-ring (bicyclic) bond motifs is 1. The van der Waals surface area contributed by atoms with E-state index in [9.17, 15) is 18.7 Å². The van der Waals surface area contributed by atoms with Crippen molar-refractivity contribution in [2.75, 3.05) is 5.32 Å². The summed E-state index contributed by atoms with van der Waals surface area (Å²) in [5.41, 5.74) is 0.574.